The van der Waals surface area contributed by atoms with Crippen molar-refractivity contribution < 1.29 is 11.9 Å². The molecule has 292 valence electrons. The van der Waals surface area contributed by atoms with Crippen molar-refractivity contribution >= 4 is 47.6 Å². The molecule has 3 aromatic carbocycles. The van der Waals surface area contributed by atoms with Gasteiger partial charge in [-0.2, -0.15) is 0 Å². The first-order valence-electron chi connectivity index (χ1n) is 21.0. The molecular formula is C47H68Cl2N2PRu+. The summed E-state index contributed by atoms with van der Waals surface area (Å²) >= 11 is -3.38. The van der Waals surface area contributed by atoms with Crippen LogP contribution in [0.25, 0.3) is 0 Å². The third-order valence-electron chi connectivity index (χ3n) is 12.6. The molecule has 3 aliphatic carbocycles. The average molecular weight is 864 g/mol. The molecular weight excluding hydrogens is 795 g/mol. The molecule has 1 heterocycles. The van der Waals surface area contributed by atoms with Crippen molar-refractivity contribution in [2.45, 2.75) is 161 Å². The molecule has 53 heavy (non-hydrogen) atoms. The van der Waals surface area contributed by atoms with E-state index in [1.807, 2.05) is 6.07 Å². The fourth-order valence-corrected chi connectivity index (χ4v) is 21.3. The Morgan fingerprint density at radius 2 is 0.925 bits per heavy atom. The van der Waals surface area contributed by atoms with Crippen LogP contribution in [-0.4, -0.2) is 39.0 Å². The molecule has 2 nitrogen and oxygen atoms in total. The monoisotopic (exact) mass is 863 g/mol. The molecule has 3 saturated carbocycles. The van der Waals surface area contributed by atoms with Crippen molar-refractivity contribution in [3.63, 3.8) is 0 Å². The van der Waals surface area contributed by atoms with Crippen LogP contribution in [0.5, 0.6) is 0 Å². The van der Waals surface area contributed by atoms with Crippen LogP contribution in [-0.2, 0) is 18.3 Å². The molecule has 0 bridgehead atoms. The van der Waals surface area contributed by atoms with Crippen molar-refractivity contribution in [3.05, 3.63) is 93.5 Å². The third-order valence-corrected chi connectivity index (χ3v) is 23.0. The Morgan fingerprint density at radius 1 is 0.566 bits per heavy atom. The Hall–Kier alpha value is -1.37. The minimum atomic E-state index is -3.38. The summed E-state index contributed by atoms with van der Waals surface area (Å²) < 4.78 is 3.29. The van der Waals surface area contributed by atoms with E-state index in [2.05, 4.69) is 104 Å². The van der Waals surface area contributed by atoms with Crippen LogP contribution in [0.4, 0.5) is 11.4 Å². The molecule has 4 fully saturated rings. The molecule has 0 amide bonds. The Morgan fingerprint density at radius 3 is 1.28 bits per heavy atom. The summed E-state index contributed by atoms with van der Waals surface area (Å²) in [6.07, 6.45) is 24.6. The molecule has 6 heteroatoms. The number of nitrogens with zero attached hydrogens (tertiary/aromatic N) is 2. The van der Waals surface area contributed by atoms with Gasteiger partial charge in [-0.15, -0.1) is 0 Å². The molecule has 4 aliphatic rings. The van der Waals surface area contributed by atoms with Crippen LogP contribution >= 0.6 is 27.3 Å². The van der Waals surface area contributed by atoms with E-state index in [4.69, 9.17) is 19.4 Å². The molecule has 1 saturated heterocycles. The molecule has 1 aliphatic heterocycles. The van der Waals surface area contributed by atoms with Gasteiger partial charge in [-0.05, 0) is 77.0 Å². The maximum atomic E-state index is 7.41. The van der Waals surface area contributed by atoms with Crippen molar-refractivity contribution in [2.75, 3.05) is 22.9 Å². The van der Waals surface area contributed by atoms with Gasteiger partial charge in [0.1, 0.15) is 0 Å². The van der Waals surface area contributed by atoms with Crippen LogP contribution in [0.15, 0.2) is 54.6 Å². The molecule has 0 N–H and O–H groups in total. The maximum absolute atomic E-state index is 7.41. The SMILES string of the molecule is C1CCC([PH+](C2CCCCC2)C2CCCCC2)CC1.Cc1cc(C)c(N2CCN(c3c(C)cc(C)cc3C)[C]2=[Ru]([Cl])([Cl])=[CH]Cc2ccccc2)c(C)c1. The van der Waals surface area contributed by atoms with Gasteiger partial charge in [-0.1, -0.05) is 19.3 Å². The van der Waals surface area contributed by atoms with E-state index in [1.165, 1.54) is 67.3 Å². The number of rotatable bonds is 7. The summed E-state index contributed by atoms with van der Waals surface area (Å²) in [5, 5.41) is 0. The standard InChI is InChI=1S/C21H26N2.C18H33P.C8H8.2ClH.Ru/c1-14-9-16(3)20(17(4)10-14)22-7-8-23(13-22)21-18(5)11-15(2)12-19(21)6;1-4-10-16(11-5-1)19(17-12-6-2-7-13-17)18-14-8-3-9-15-18;1-2-8-6-4-3-5-7-8;;;/h9-12H,7-8H2,1-6H3;16-18H,1-15H2;1,3-7H,2H2;2*1H;/q;;;;;+2/p-1. The summed E-state index contributed by atoms with van der Waals surface area (Å²) in [5.41, 5.74) is 15.0. The molecule has 0 radical (unpaired) electrons. The van der Waals surface area contributed by atoms with Gasteiger partial charge >= 0.3 is 216 Å². The normalized spacial score (nSPS) is 19.8. The van der Waals surface area contributed by atoms with E-state index in [1.54, 1.807) is 96.3 Å². The molecule has 0 spiro atoms. The molecule has 0 aromatic heterocycles. The first-order chi connectivity index (χ1) is 25.5. The summed E-state index contributed by atoms with van der Waals surface area (Å²) in [6, 6.07) is 19.5. The van der Waals surface area contributed by atoms with E-state index in [9.17, 15) is 0 Å². The average Bonchev–Trinajstić information content (AvgIpc) is 3.57. The Bertz CT molecular complexity index is 1630. The van der Waals surface area contributed by atoms with E-state index in [0.717, 1.165) is 23.9 Å². The first-order valence-corrected chi connectivity index (χ1v) is 29.1. The van der Waals surface area contributed by atoms with E-state index in [0.29, 0.717) is 0 Å². The summed E-state index contributed by atoms with van der Waals surface area (Å²) in [4.78, 5) is 4.83. The van der Waals surface area contributed by atoms with Gasteiger partial charge in [0.15, 0.2) is 0 Å². The topological polar surface area (TPSA) is 6.48 Å². The Kier molecular flexibility index (Phi) is 14.9. The fourth-order valence-electron chi connectivity index (χ4n) is 10.5. The van der Waals surface area contributed by atoms with Crippen LogP contribution in [0.2, 0.25) is 0 Å². The molecule has 7 rings (SSSR count). The molecule has 3 aromatic rings. The predicted molar refractivity (Wildman–Crippen MR) is 238 cm³/mol. The van der Waals surface area contributed by atoms with Gasteiger partial charge in [0.05, 0.1) is 17.0 Å². The van der Waals surface area contributed by atoms with Crippen molar-refractivity contribution in [1.29, 1.82) is 0 Å². The Balaban J connectivity index is 0.000000213. The summed E-state index contributed by atoms with van der Waals surface area (Å²) in [6.45, 7) is 14.8. The first kappa shape index (κ1) is 41.3. The number of hydrogen-bond acceptors (Lipinski definition) is 2. The second kappa shape index (κ2) is 19.2. The minimum absolute atomic E-state index is 0.0465. The van der Waals surface area contributed by atoms with Crippen LogP contribution in [0.3, 0.4) is 0 Å². The summed E-state index contributed by atoms with van der Waals surface area (Å²) in [5.74, 6) is 0. The Labute approximate surface area is 335 Å². The molecule has 0 atom stereocenters. The van der Waals surface area contributed by atoms with Crippen molar-refractivity contribution in [3.8, 4) is 0 Å². The third kappa shape index (κ3) is 10.3. The van der Waals surface area contributed by atoms with E-state index in [-0.39, 0.29) is 7.92 Å². The summed E-state index contributed by atoms with van der Waals surface area (Å²) in [7, 11) is 14.8. The van der Waals surface area contributed by atoms with E-state index < -0.39 is 11.9 Å². The van der Waals surface area contributed by atoms with E-state index >= 15 is 0 Å². The van der Waals surface area contributed by atoms with Crippen molar-refractivity contribution in [2.24, 2.45) is 0 Å². The second-order valence-electron chi connectivity index (χ2n) is 16.8. The molecule has 0 unspecified atom stereocenters. The number of hydrogen-bond donors (Lipinski definition) is 0. The zero-order valence-corrected chi connectivity index (χ0v) is 38.0. The van der Waals surface area contributed by atoms with Crippen LogP contribution in [0.1, 0.15) is 135 Å². The van der Waals surface area contributed by atoms with Gasteiger partial charge in [-0.3, -0.25) is 0 Å². The number of halogens is 2. The number of aryl methyl sites for hydroxylation is 6. The second-order valence-corrected chi connectivity index (χ2v) is 29.7. The number of anilines is 2. The van der Waals surface area contributed by atoms with Crippen LogP contribution < -0.4 is 9.80 Å². The zero-order chi connectivity index (χ0) is 37.5. The number of benzene rings is 3. The van der Waals surface area contributed by atoms with Gasteiger partial charge < -0.3 is 0 Å². The predicted octanol–water partition coefficient (Wildman–Crippen LogP) is 13.7. The fraction of sp³-hybridized carbons (Fsp3) is 0.574. The van der Waals surface area contributed by atoms with Gasteiger partial charge in [0.25, 0.3) is 0 Å². The van der Waals surface area contributed by atoms with Crippen molar-refractivity contribution in [1.82, 2.24) is 0 Å². The van der Waals surface area contributed by atoms with Gasteiger partial charge in [0, 0.05) is 7.92 Å². The van der Waals surface area contributed by atoms with Crippen LogP contribution in [0, 0.1) is 41.5 Å². The quantitative estimate of drug-likeness (QED) is 0.172. The van der Waals surface area contributed by atoms with Gasteiger partial charge in [-0.25, -0.2) is 0 Å². The zero-order valence-electron chi connectivity index (χ0n) is 33.7. The van der Waals surface area contributed by atoms with Gasteiger partial charge in [0.2, 0.25) is 0 Å².